The van der Waals surface area contributed by atoms with Gasteiger partial charge in [-0.05, 0) is 43.9 Å². The quantitative estimate of drug-likeness (QED) is 0.600. The van der Waals surface area contributed by atoms with E-state index in [2.05, 4.69) is 63.6 Å². The first-order chi connectivity index (χ1) is 12.7. The number of aryl methyl sites for hydroxylation is 1. The number of guanidine groups is 1. The highest BCUT2D eigenvalue weighted by Crippen LogP contribution is 2.24. The normalized spacial score (nSPS) is 16.0. The SMILES string of the molecule is CCc1cnc(CNC(=NC)NC(C)c2cccc(N3CCCC3)c2)s1. The number of rotatable bonds is 6. The lowest BCUT2D eigenvalue weighted by Gasteiger charge is -2.22. The number of hydrogen-bond donors (Lipinski definition) is 2. The smallest absolute Gasteiger partial charge is 0.191 e. The second kappa shape index (κ2) is 9.03. The predicted octanol–water partition coefficient (Wildman–Crippen LogP) is 3.73. The lowest BCUT2D eigenvalue weighted by Crippen LogP contribution is -2.38. The standard InChI is InChI=1S/C20H29N5S/c1-4-18-13-22-19(26-18)14-23-20(21-3)24-15(2)16-8-7-9-17(12-16)25-10-5-6-11-25/h7-9,12-13,15H,4-6,10-11,14H2,1-3H3,(H2,21,23,24). The summed E-state index contributed by atoms with van der Waals surface area (Å²) < 4.78 is 0. The second-order valence-electron chi connectivity index (χ2n) is 6.65. The number of thiazole rings is 1. The van der Waals surface area contributed by atoms with Gasteiger partial charge in [0.2, 0.25) is 0 Å². The molecule has 2 N–H and O–H groups in total. The molecule has 2 aromatic rings. The molecule has 0 amide bonds. The first kappa shape index (κ1) is 18.7. The zero-order valence-electron chi connectivity index (χ0n) is 16.0. The van der Waals surface area contributed by atoms with E-state index in [-0.39, 0.29) is 6.04 Å². The Morgan fingerprint density at radius 3 is 2.85 bits per heavy atom. The third kappa shape index (κ3) is 4.75. The molecule has 3 rings (SSSR count). The number of aromatic nitrogens is 1. The Bertz CT molecular complexity index is 733. The van der Waals surface area contributed by atoms with Gasteiger partial charge >= 0.3 is 0 Å². The molecule has 0 spiro atoms. The van der Waals surface area contributed by atoms with Crippen LogP contribution in [0.1, 0.15) is 48.2 Å². The molecule has 6 heteroatoms. The average molecular weight is 372 g/mol. The van der Waals surface area contributed by atoms with E-state index in [1.54, 1.807) is 11.3 Å². The van der Waals surface area contributed by atoms with E-state index in [4.69, 9.17) is 0 Å². The van der Waals surface area contributed by atoms with Crippen molar-refractivity contribution in [3.05, 3.63) is 45.9 Å². The van der Waals surface area contributed by atoms with Gasteiger partial charge in [0.05, 0.1) is 12.6 Å². The Morgan fingerprint density at radius 2 is 2.15 bits per heavy atom. The van der Waals surface area contributed by atoms with Crippen molar-refractivity contribution in [3.63, 3.8) is 0 Å². The molecule has 1 aromatic heterocycles. The highest BCUT2D eigenvalue weighted by atomic mass is 32.1. The number of nitrogens with zero attached hydrogens (tertiary/aromatic N) is 3. The second-order valence-corrected chi connectivity index (χ2v) is 7.85. The van der Waals surface area contributed by atoms with Crippen molar-refractivity contribution in [1.29, 1.82) is 0 Å². The molecule has 1 fully saturated rings. The molecule has 140 valence electrons. The highest BCUT2D eigenvalue weighted by Gasteiger charge is 2.14. The summed E-state index contributed by atoms with van der Waals surface area (Å²) in [7, 11) is 1.81. The van der Waals surface area contributed by atoms with Gasteiger partial charge in [-0.3, -0.25) is 4.99 Å². The van der Waals surface area contributed by atoms with E-state index in [1.165, 1.54) is 42.1 Å². The van der Waals surface area contributed by atoms with Crippen LogP contribution in [0.5, 0.6) is 0 Å². The van der Waals surface area contributed by atoms with Gasteiger partial charge in [0.1, 0.15) is 5.01 Å². The summed E-state index contributed by atoms with van der Waals surface area (Å²) >= 11 is 1.75. The first-order valence-corrected chi connectivity index (χ1v) is 10.3. The van der Waals surface area contributed by atoms with Gasteiger partial charge in [0.25, 0.3) is 0 Å². The molecule has 0 aliphatic carbocycles. The number of aliphatic imine (C=N–C) groups is 1. The average Bonchev–Trinajstić information content (AvgIpc) is 3.36. The summed E-state index contributed by atoms with van der Waals surface area (Å²) in [6, 6.07) is 9.02. The number of hydrogen-bond acceptors (Lipinski definition) is 4. The Kier molecular flexibility index (Phi) is 6.50. The van der Waals surface area contributed by atoms with Crippen LogP contribution in [0.4, 0.5) is 5.69 Å². The molecule has 1 saturated heterocycles. The molecule has 2 heterocycles. The van der Waals surface area contributed by atoms with Gasteiger partial charge in [-0.15, -0.1) is 11.3 Å². The van der Waals surface area contributed by atoms with E-state index in [0.29, 0.717) is 6.54 Å². The fourth-order valence-electron chi connectivity index (χ4n) is 3.20. The van der Waals surface area contributed by atoms with Gasteiger partial charge in [-0.25, -0.2) is 4.98 Å². The molecule has 26 heavy (non-hydrogen) atoms. The molecule has 1 aromatic carbocycles. The molecule has 1 aliphatic rings. The molecule has 5 nitrogen and oxygen atoms in total. The summed E-state index contributed by atoms with van der Waals surface area (Å²) in [6.07, 6.45) is 5.59. The number of nitrogens with one attached hydrogen (secondary N) is 2. The summed E-state index contributed by atoms with van der Waals surface area (Å²) in [4.78, 5) is 12.6. The maximum atomic E-state index is 4.45. The van der Waals surface area contributed by atoms with Crippen LogP contribution in [-0.2, 0) is 13.0 Å². The number of anilines is 1. The minimum atomic E-state index is 0.186. The maximum Gasteiger partial charge on any atom is 0.191 e. The highest BCUT2D eigenvalue weighted by molar-refractivity contribution is 7.11. The zero-order valence-corrected chi connectivity index (χ0v) is 16.8. The van der Waals surface area contributed by atoms with Gasteiger partial charge < -0.3 is 15.5 Å². The van der Waals surface area contributed by atoms with Gasteiger partial charge in [0, 0.05) is 36.9 Å². The molecule has 1 atom stereocenters. The summed E-state index contributed by atoms with van der Waals surface area (Å²) in [5.41, 5.74) is 2.60. The molecule has 0 radical (unpaired) electrons. The molecule has 1 aliphatic heterocycles. The minimum absolute atomic E-state index is 0.186. The van der Waals surface area contributed by atoms with Gasteiger partial charge in [-0.1, -0.05) is 19.1 Å². The topological polar surface area (TPSA) is 52.6 Å². The number of benzene rings is 1. The van der Waals surface area contributed by atoms with Crippen molar-refractivity contribution in [2.45, 2.75) is 45.7 Å². The molecule has 0 bridgehead atoms. The van der Waals surface area contributed by atoms with E-state index >= 15 is 0 Å². The zero-order chi connectivity index (χ0) is 18.4. The predicted molar refractivity (Wildman–Crippen MR) is 111 cm³/mol. The minimum Gasteiger partial charge on any atom is -0.372 e. The van der Waals surface area contributed by atoms with Gasteiger partial charge in [-0.2, -0.15) is 0 Å². The van der Waals surface area contributed by atoms with Crippen molar-refractivity contribution in [2.75, 3.05) is 25.0 Å². The fourth-order valence-corrected chi connectivity index (χ4v) is 4.00. The van der Waals surface area contributed by atoms with Crippen LogP contribution < -0.4 is 15.5 Å². The van der Waals surface area contributed by atoms with Crippen molar-refractivity contribution in [1.82, 2.24) is 15.6 Å². The van der Waals surface area contributed by atoms with E-state index in [0.717, 1.165) is 17.4 Å². The monoisotopic (exact) mass is 371 g/mol. The third-order valence-corrected chi connectivity index (χ3v) is 5.92. The van der Waals surface area contributed by atoms with Crippen LogP contribution >= 0.6 is 11.3 Å². The molecule has 1 unspecified atom stereocenters. The lowest BCUT2D eigenvalue weighted by atomic mass is 10.1. The Balaban J connectivity index is 1.58. The molecular weight excluding hydrogens is 342 g/mol. The third-order valence-electron chi connectivity index (χ3n) is 4.78. The first-order valence-electron chi connectivity index (χ1n) is 9.45. The van der Waals surface area contributed by atoms with Crippen LogP contribution in [0.2, 0.25) is 0 Å². The van der Waals surface area contributed by atoms with Crippen LogP contribution in [0.15, 0.2) is 35.5 Å². The summed E-state index contributed by atoms with van der Waals surface area (Å²) in [6.45, 7) is 7.37. The van der Waals surface area contributed by atoms with Crippen molar-refractivity contribution in [3.8, 4) is 0 Å². The van der Waals surface area contributed by atoms with E-state index < -0.39 is 0 Å². The van der Waals surface area contributed by atoms with Crippen molar-refractivity contribution in [2.24, 2.45) is 4.99 Å². The van der Waals surface area contributed by atoms with E-state index in [9.17, 15) is 0 Å². The Hall–Kier alpha value is -2.08. The lowest BCUT2D eigenvalue weighted by molar-refractivity contribution is 0.684. The Morgan fingerprint density at radius 1 is 1.35 bits per heavy atom. The maximum absolute atomic E-state index is 4.45. The van der Waals surface area contributed by atoms with Crippen LogP contribution in [0, 0.1) is 0 Å². The van der Waals surface area contributed by atoms with Crippen molar-refractivity contribution < 1.29 is 0 Å². The largest absolute Gasteiger partial charge is 0.372 e. The van der Waals surface area contributed by atoms with Crippen LogP contribution in [-0.4, -0.2) is 31.1 Å². The van der Waals surface area contributed by atoms with E-state index in [1.807, 2.05) is 13.2 Å². The summed E-state index contributed by atoms with van der Waals surface area (Å²) in [5, 5.41) is 7.95. The van der Waals surface area contributed by atoms with Crippen LogP contribution in [0.3, 0.4) is 0 Å². The van der Waals surface area contributed by atoms with Crippen LogP contribution in [0.25, 0.3) is 0 Å². The molecule has 0 saturated carbocycles. The Labute approximate surface area is 160 Å². The molecular formula is C20H29N5S. The van der Waals surface area contributed by atoms with Crippen molar-refractivity contribution >= 4 is 23.0 Å². The summed E-state index contributed by atoms with van der Waals surface area (Å²) in [5.74, 6) is 0.803. The van der Waals surface area contributed by atoms with Gasteiger partial charge in [0.15, 0.2) is 5.96 Å². The fraction of sp³-hybridized carbons (Fsp3) is 0.500.